The molecule has 25 heavy (non-hydrogen) atoms. The largest absolute Gasteiger partial charge is 0.143 e. The molecule has 0 radical (unpaired) electrons. The van der Waals surface area contributed by atoms with E-state index in [1.807, 2.05) is 34.0 Å². The third-order valence-electron chi connectivity index (χ3n) is 4.58. The van der Waals surface area contributed by atoms with Gasteiger partial charge in [0.2, 0.25) is 0 Å². The van der Waals surface area contributed by atoms with Crippen LogP contribution in [0.4, 0.5) is 0 Å². The van der Waals surface area contributed by atoms with E-state index in [-0.39, 0.29) is 0 Å². The molecule has 0 saturated heterocycles. The Morgan fingerprint density at radius 1 is 0.600 bits per heavy atom. The number of hydrogen-bond acceptors (Lipinski definition) is 5. The molecule has 0 spiro atoms. The molecule has 5 aromatic heterocycles. The average Bonchev–Trinajstić information content (AvgIpc) is 3.16. The SMILES string of the molecule is C[Si](C)(C)c1cc2c(s1)sc1sc3c4sc([Si](C)(C)C)cc4sc3c12. The Morgan fingerprint density at radius 3 is 1.96 bits per heavy atom. The van der Waals surface area contributed by atoms with Crippen molar-refractivity contribution in [2.45, 2.75) is 39.3 Å². The van der Waals surface area contributed by atoms with E-state index >= 15 is 0 Å². The zero-order chi connectivity index (χ0) is 17.7. The van der Waals surface area contributed by atoms with Crippen molar-refractivity contribution < 1.29 is 0 Å². The van der Waals surface area contributed by atoms with Gasteiger partial charge in [-0.25, -0.2) is 0 Å². The molecule has 0 atom stereocenters. The average molecular weight is 453 g/mol. The lowest BCUT2D eigenvalue weighted by Gasteiger charge is -2.11. The van der Waals surface area contributed by atoms with E-state index in [4.69, 9.17) is 0 Å². The molecule has 0 N–H and O–H groups in total. The molecule has 5 heterocycles. The first-order chi connectivity index (χ1) is 11.6. The van der Waals surface area contributed by atoms with Crippen molar-refractivity contribution in [3.05, 3.63) is 12.1 Å². The smallest absolute Gasteiger partial charge is 0.0908 e. The van der Waals surface area contributed by atoms with Crippen LogP contribution >= 0.6 is 56.7 Å². The van der Waals surface area contributed by atoms with Crippen molar-refractivity contribution in [3.63, 3.8) is 0 Å². The van der Waals surface area contributed by atoms with E-state index in [0.29, 0.717) is 0 Å². The predicted octanol–water partition coefficient (Wildman–Crippen LogP) is 7.70. The maximum Gasteiger partial charge on any atom is 0.0908 e. The Bertz CT molecular complexity index is 1260. The Balaban J connectivity index is 1.82. The second-order valence-electron chi connectivity index (χ2n) is 8.74. The van der Waals surface area contributed by atoms with Crippen molar-refractivity contribution in [2.75, 3.05) is 0 Å². The van der Waals surface area contributed by atoms with Gasteiger partial charge in [-0.05, 0) is 21.1 Å². The van der Waals surface area contributed by atoms with Gasteiger partial charge >= 0.3 is 0 Å². The van der Waals surface area contributed by atoms with Crippen molar-refractivity contribution in [2.24, 2.45) is 0 Å². The van der Waals surface area contributed by atoms with E-state index in [1.54, 1.807) is 32.5 Å². The molecule has 0 aliphatic heterocycles. The van der Waals surface area contributed by atoms with Crippen LogP contribution in [-0.4, -0.2) is 16.1 Å². The third kappa shape index (κ3) is 2.51. The lowest BCUT2D eigenvalue weighted by Crippen LogP contribution is -2.34. The zero-order valence-corrected chi connectivity index (χ0v) is 21.3. The summed E-state index contributed by atoms with van der Waals surface area (Å²) in [5.74, 6) is 0. The summed E-state index contributed by atoms with van der Waals surface area (Å²) in [5, 5.41) is 3.09. The Morgan fingerprint density at radius 2 is 1.28 bits per heavy atom. The molecule has 5 rings (SSSR count). The van der Waals surface area contributed by atoms with Gasteiger partial charge in [-0.2, -0.15) is 0 Å². The fraction of sp³-hybridized carbons (Fsp3) is 0.333. The fourth-order valence-electron chi connectivity index (χ4n) is 3.11. The highest BCUT2D eigenvalue weighted by Gasteiger charge is 2.25. The lowest BCUT2D eigenvalue weighted by molar-refractivity contribution is 1.79. The molecule has 5 aromatic rings. The number of fused-ring (bicyclic) bond motifs is 7. The minimum absolute atomic E-state index is 1.21. The molecule has 0 nitrogen and oxygen atoms in total. The van der Waals surface area contributed by atoms with Gasteiger partial charge in [-0.3, -0.25) is 0 Å². The molecule has 7 heteroatoms. The van der Waals surface area contributed by atoms with Crippen LogP contribution < -0.4 is 9.00 Å². The van der Waals surface area contributed by atoms with Crippen LogP contribution in [0, 0.1) is 0 Å². The molecule has 0 aliphatic carbocycles. The summed E-state index contributed by atoms with van der Waals surface area (Å²) in [5.41, 5.74) is 0. The molecule has 0 saturated carbocycles. The monoisotopic (exact) mass is 452 g/mol. The summed E-state index contributed by atoms with van der Waals surface area (Å²) in [6.45, 7) is 14.8. The van der Waals surface area contributed by atoms with E-state index < -0.39 is 16.1 Å². The van der Waals surface area contributed by atoms with Gasteiger partial charge < -0.3 is 0 Å². The first-order valence-electron chi connectivity index (χ1n) is 8.45. The summed E-state index contributed by atoms with van der Waals surface area (Å²) < 4.78 is 12.6. The van der Waals surface area contributed by atoms with Gasteiger partial charge in [0.05, 0.1) is 38.3 Å². The van der Waals surface area contributed by atoms with Crippen LogP contribution in [0.5, 0.6) is 0 Å². The standard InChI is InChI=1S/C18H20S5Si2/c1-24(2,3)11-7-9-13-15-16(22-18(13)23-17(9)21-11)14-10(19-15)8-12(20-14)25(4,5)6/h7-8H,1-6H3. The van der Waals surface area contributed by atoms with Gasteiger partial charge in [0, 0.05) is 15.5 Å². The van der Waals surface area contributed by atoms with Crippen molar-refractivity contribution in [1.82, 2.24) is 0 Å². The molecule has 0 aliphatic rings. The summed E-state index contributed by atoms with van der Waals surface area (Å²) in [7, 11) is -2.44. The molecule has 0 bridgehead atoms. The van der Waals surface area contributed by atoms with Crippen LogP contribution in [0.3, 0.4) is 0 Å². The topological polar surface area (TPSA) is 0 Å². The highest BCUT2D eigenvalue weighted by molar-refractivity contribution is 7.55. The molecule has 0 amide bonds. The maximum atomic E-state index is 2.53. The van der Waals surface area contributed by atoms with Gasteiger partial charge in [0.1, 0.15) is 0 Å². The highest BCUT2D eigenvalue weighted by atomic mass is 32.2. The van der Waals surface area contributed by atoms with E-state index in [1.165, 1.54) is 14.1 Å². The molecule has 0 aromatic carbocycles. The minimum Gasteiger partial charge on any atom is -0.143 e. The van der Waals surface area contributed by atoms with Crippen molar-refractivity contribution in [1.29, 1.82) is 0 Å². The second-order valence-corrected chi connectivity index (χ2v) is 25.3. The number of thiophene rings is 5. The van der Waals surface area contributed by atoms with Crippen LogP contribution in [0.1, 0.15) is 0 Å². The molecular formula is C18H20S5Si2. The van der Waals surface area contributed by atoms with Crippen molar-refractivity contribution in [3.8, 4) is 0 Å². The molecule has 0 unspecified atom stereocenters. The van der Waals surface area contributed by atoms with E-state index in [9.17, 15) is 0 Å². The highest BCUT2D eigenvalue weighted by Crippen LogP contribution is 2.51. The summed E-state index contributed by atoms with van der Waals surface area (Å²) >= 11 is 10.2. The Kier molecular flexibility index (Phi) is 3.61. The first kappa shape index (κ1) is 17.1. The van der Waals surface area contributed by atoms with Crippen LogP contribution in [0.2, 0.25) is 39.3 Å². The van der Waals surface area contributed by atoms with Gasteiger partial charge in [-0.15, -0.1) is 56.7 Å². The van der Waals surface area contributed by atoms with Gasteiger partial charge in [0.15, 0.2) is 0 Å². The first-order valence-corrected chi connectivity index (χ1v) is 19.5. The van der Waals surface area contributed by atoms with Crippen LogP contribution in [0.15, 0.2) is 12.1 Å². The summed E-state index contributed by atoms with van der Waals surface area (Å²) in [6, 6.07) is 5.03. The molecule has 130 valence electrons. The van der Waals surface area contributed by atoms with E-state index in [0.717, 1.165) is 0 Å². The third-order valence-corrected chi connectivity index (χ3v) is 18.2. The molecule has 0 fully saturated rings. The summed E-state index contributed by atoms with van der Waals surface area (Å²) in [4.78, 5) is 0. The second kappa shape index (κ2) is 5.28. The number of rotatable bonds is 2. The lowest BCUT2D eigenvalue weighted by atomic mass is 10.3. The maximum absolute atomic E-state index is 2.53. The fourth-order valence-corrected chi connectivity index (χ4v) is 14.4. The Hall–Kier alpha value is -0.0262. The van der Waals surface area contributed by atoms with Gasteiger partial charge in [0.25, 0.3) is 0 Å². The Labute approximate surface area is 169 Å². The molecular weight excluding hydrogens is 433 g/mol. The van der Waals surface area contributed by atoms with Gasteiger partial charge in [-0.1, -0.05) is 39.3 Å². The van der Waals surface area contributed by atoms with Crippen molar-refractivity contribution >= 4 is 119 Å². The van der Waals surface area contributed by atoms with Crippen LogP contribution in [0.25, 0.3) is 37.6 Å². The van der Waals surface area contributed by atoms with Crippen LogP contribution in [-0.2, 0) is 0 Å². The predicted molar refractivity (Wildman–Crippen MR) is 132 cm³/mol. The quantitative estimate of drug-likeness (QED) is 0.241. The normalized spacial score (nSPS) is 14.0. The van der Waals surface area contributed by atoms with E-state index in [2.05, 4.69) is 74.1 Å². The number of hydrogen-bond donors (Lipinski definition) is 0. The summed E-state index contributed by atoms with van der Waals surface area (Å²) in [6.07, 6.45) is 0. The zero-order valence-electron chi connectivity index (χ0n) is 15.2. The minimum atomic E-state index is -1.22.